The first-order valence-corrected chi connectivity index (χ1v) is 12.6. The topological polar surface area (TPSA) is 105 Å². The number of nitrogens with zero attached hydrogens (tertiary/aromatic N) is 7. The van der Waals surface area contributed by atoms with E-state index in [1.165, 1.54) is 10.4 Å². The second-order valence-corrected chi connectivity index (χ2v) is 10.7. The van der Waals surface area contributed by atoms with E-state index in [2.05, 4.69) is 43.7 Å². The SMILES string of the molecule is Cc1sc2c(c1C)C(c1ccc(Cl)cc1)=N[C@@H](Cc1nnc(CN3CC(O)C3)o1)c1nnc(C)n1-2. The van der Waals surface area contributed by atoms with Crippen molar-refractivity contribution >= 4 is 28.6 Å². The number of aliphatic imine (C=N–C) groups is 1. The van der Waals surface area contributed by atoms with E-state index in [-0.39, 0.29) is 12.1 Å². The van der Waals surface area contributed by atoms with Crippen LogP contribution in [0.4, 0.5) is 0 Å². The monoisotopic (exact) mass is 509 g/mol. The molecule has 180 valence electrons. The summed E-state index contributed by atoms with van der Waals surface area (Å²) in [6, 6.07) is 7.41. The molecule has 35 heavy (non-hydrogen) atoms. The van der Waals surface area contributed by atoms with Crippen LogP contribution in [0.5, 0.6) is 0 Å². The largest absolute Gasteiger partial charge is 0.424 e. The van der Waals surface area contributed by atoms with Crippen molar-refractivity contribution in [1.82, 2.24) is 29.9 Å². The number of benzene rings is 1. The molecule has 1 saturated heterocycles. The van der Waals surface area contributed by atoms with Crippen LogP contribution in [0.2, 0.25) is 5.02 Å². The van der Waals surface area contributed by atoms with Gasteiger partial charge in [0.1, 0.15) is 16.9 Å². The number of halogens is 1. The fraction of sp³-hybridized carbons (Fsp3) is 0.375. The molecule has 0 aliphatic carbocycles. The number of rotatable bonds is 5. The summed E-state index contributed by atoms with van der Waals surface area (Å²) in [7, 11) is 0. The van der Waals surface area contributed by atoms with Gasteiger partial charge in [0.25, 0.3) is 0 Å². The molecule has 0 radical (unpaired) electrons. The molecule has 11 heteroatoms. The number of β-amino-alcohol motifs (C(OH)–C–C–N with tert-alkyl or cyclic N) is 1. The molecule has 9 nitrogen and oxygen atoms in total. The third-order valence-electron chi connectivity index (χ3n) is 6.53. The summed E-state index contributed by atoms with van der Waals surface area (Å²) in [6.45, 7) is 7.99. The quantitative estimate of drug-likeness (QED) is 0.438. The molecule has 0 saturated carbocycles. The van der Waals surface area contributed by atoms with Crippen LogP contribution in [0.15, 0.2) is 33.7 Å². The van der Waals surface area contributed by atoms with Crippen molar-refractivity contribution in [3.8, 4) is 5.00 Å². The average molecular weight is 510 g/mol. The van der Waals surface area contributed by atoms with E-state index >= 15 is 0 Å². The van der Waals surface area contributed by atoms with Crippen molar-refractivity contribution in [3.63, 3.8) is 0 Å². The molecule has 1 atom stereocenters. The molecule has 6 rings (SSSR count). The Labute approximate surface area is 211 Å². The zero-order valence-electron chi connectivity index (χ0n) is 19.6. The van der Waals surface area contributed by atoms with Crippen LogP contribution in [0.1, 0.15) is 51.0 Å². The Morgan fingerprint density at radius 3 is 2.54 bits per heavy atom. The summed E-state index contributed by atoms with van der Waals surface area (Å²) in [6.07, 6.45) is 0.129. The Kier molecular flexibility index (Phi) is 5.56. The smallest absolute Gasteiger partial charge is 0.230 e. The van der Waals surface area contributed by atoms with Crippen LogP contribution in [0.3, 0.4) is 0 Å². The maximum atomic E-state index is 9.52. The van der Waals surface area contributed by atoms with Gasteiger partial charge in [0.2, 0.25) is 11.8 Å². The molecule has 0 spiro atoms. The van der Waals surface area contributed by atoms with Crippen LogP contribution in [-0.4, -0.2) is 59.9 Å². The summed E-state index contributed by atoms with van der Waals surface area (Å²) in [5.74, 6) is 2.59. The lowest BCUT2D eigenvalue weighted by molar-refractivity contribution is -0.00736. The van der Waals surface area contributed by atoms with Crippen molar-refractivity contribution in [2.75, 3.05) is 13.1 Å². The minimum Gasteiger partial charge on any atom is -0.424 e. The molecule has 5 heterocycles. The Hall–Kier alpha value is -2.92. The van der Waals surface area contributed by atoms with Gasteiger partial charge in [-0.2, -0.15) is 0 Å². The summed E-state index contributed by atoms with van der Waals surface area (Å²) in [4.78, 5) is 8.53. The Bertz CT molecular complexity index is 1430. The van der Waals surface area contributed by atoms with Crippen molar-refractivity contribution in [3.05, 3.63) is 74.3 Å². The molecule has 1 fully saturated rings. The number of hydrogen-bond donors (Lipinski definition) is 1. The molecule has 4 aromatic rings. The molecular formula is C24H24ClN7O2S. The Morgan fingerprint density at radius 2 is 1.80 bits per heavy atom. The van der Waals surface area contributed by atoms with Gasteiger partial charge in [-0.15, -0.1) is 31.7 Å². The highest BCUT2D eigenvalue weighted by molar-refractivity contribution is 7.15. The van der Waals surface area contributed by atoms with Gasteiger partial charge in [-0.25, -0.2) is 0 Å². The van der Waals surface area contributed by atoms with Crippen molar-refractivity contribution in [2.24, 2.45) is 4.99 Å². The third kappa shape index (κ3) is 4.00. The summed E-state index contributed by atoms with van der Waals surface area (Å²) >= 11 is 7.91. The minimum atomic E-state index is -0.361. The van der Waals surface area contributed by atoms with Gasteiger partial charge < -0.3 is 9.52 Å². The molecule has 2 aliphatic heterocycles. The van der Waals surface area contributed by atoms with Gasteiger partial charge in [-0.3, -0.25) is 14.5 Å². The standard InChI is InChI=1S/C24H24ClN7O2S/c1-12-13(2)35-24-21(12)22(15-4-6-16(25)7-5-15)26-18(23-30-27-14(3)32(23)24)8-19-28-29-20(34-19)11-31-9-17(33)10-31/h4-7,17-18,33H,8-11H2,1-3H3/t18-/m0/s1. The normalized spacial score (nSPS) is 18.1. The average Bonchev–Trinajstić information content (AvgIpc) is 3.46. The predicted octanol–water partition coefficient (Wildman–Crippen LogP) is 3.60. The second-order valence-electron chi connectivity index (χ2n) is 9.05. The van der Waals surface area contributed by atoms with E-state index in [9.17, 15) is 5.11 Å². The van der Waals surface area contributed by atoms with Crippen LogP contribution in [0.25, 0.3) is 5.00 Å². The minimum absolute atomic E-state index is 0.271. The van der Waals surface area contributed by atoms with E-state index in [0.29, 0.717) is 42.9 Å². The molecule has 1 N–H and O–H groups in total. The number of thiophene rings is 1. The van der Waals surface area contributed by atoms with Crippen LogP contribution in [0, 0.1) is 20.8 Å². The van der Waals surface area contributed by atoms with Gasteiger partial charge in [-0.05, 0) is 38.5 Å². The maximum absolute atomic E-state index is 9.52. The summed E-state index contributed by atoms with van der Waals surface area (Å²) in [5, 5.41) is 28.7. The number of aliphatic hydroxyl groups is 1. The molecular weight excluding hydrogens is 486 g/mol. The number of fused-ring (bicyclic) bond motifs is 3. The van der Waals surface area contributed by atoms with Crippen LogP contribution >= 0.6 is 22.9 Å². The number of aromatic nitrogens is 5. The first kappa shape index (κ1) is 22.5. The Morgan fingerprint density at radius 1 is 1.06 bits per heavy atom. The van der Waals surface area contributed by atoms with Gasteiger partial charge >= 0.3 is 0 Å². The first-order valence-electron chi connectivity index (χ1n) is 11.5. The highest BCUT2D eigenvalue weighted by Gasteiger charge is 2.33. The molecule has 2 aliphatic rings. The number of aliphatic hydroxyl groups excluding tert-OH is 1. The fourth-order valence-corrected chi connectivity index (χ4v) is 5.94. The van der Waals surface area contributed by atoms with Gasteiger partial charge in [0.15, 0.2) is 5.82 Å². The van der Waals surface area contributed by atoms with Crippen LogP contribution < -0.4 is 0 Å². The number of aryl methyl sites for hydroxylation is 2. The molecule has 1 aromatic carbocycles. The predicted molar refractivity (Wildman–Crippen MR) is 133 cm³/mol. The second kappa shape index (κ2) is 8.63. The number of likely N-dealkylation sites (tertiary alicyclic amines) is 1. The van der Waals surface area contributed by atoms with E-state index in [1.54, 1.807) is 11.3 Å². The summed E-state index contributed by atoms with van der Waals surface area (Å²) in [5.41, 5.74) is 4.16. The van der Waals surface area contributed by atoms with E-state index in [0.717, 1.165) is 33.5 Å². The van der Waals surface area contributed by atoms with E-state index < -0.39 is 0 Å². The Balaban J connectivity index is 1.42. The van der Waals surface area contributed by atoms with Crippen LogP contribution in [-0.2, 0) is 13.0 Å². The van der Waals surface area contributed by atoms with Gasteiger partial charge in [0.05, 0.1) is 24.8 Å². The van der Waals surface area contributed by atoms with E-state index in [4.69, 9.17) is 21.0 Å². The third-order valence-corrected chi connectivity index (χ3v) is 7.97. The zero-order valence-corrected chi connectivity index (χ0v) is 21.1. The van der Waals surface area contributed by atoms with Crippen molar-refractivity contribution in [2.45, 2.75) is 45.9 Å². The lowest BCUT2D eigenvalue weighted by Gasteiger charge is -2.34. The molecule has 0 unspecified atom stereocenters. The molecule has 3 aromatic heterocycles. The van der Waals surface area contributed by atoms with Gasteiger partial charge in [-0.1, -0.05) is 23.7 Å². The van der Waals surface area contributed by atoms with Gasteiger partial charge in [0, 0.05) is 34.1 Å². The first-order chi connectivity index (χ1) is 16.9. The lowest BCUT2D eigenvalue weighted by Crippen LogP contribution is -2.49. The highest BCUT2D eigenvalue weighted by atomic mass is 35.5. The number of hydrogen-bond acceptors (Lipinski definition) is 9. The lowest BCUT2D eigenvalue weighted by atomic mass is 9.99. The maximum Gasteiger partial charge on any atom is 0.230 e. The molecule has 0 bridgehead atoms. The highest BCUT2D eigenvalue weighted by Crippen LogP contribution is 2.39. The zero-order chi connectivity index (χ0) is 24.3. The van der Waals surface area contributed by atoms with Crippen molar-refractivity contribution < 1.29 is 9.52 Å². The van der Waals surface area contributed by atoms with Crippen molar-refractivity contribution in [1.29, 1.82) is 0 Å². The van der Waals surface area contributed by atoms with E-state index in [1.807, 2.05) is 31.2 Å². The fourth-order valence-electron chi connectivity index (χ4n) is 4.60. The summed E-state index contributed by atoms with van der Waals surface area (Å²) < 4.78 is 8.07. The molecule has 0 amide bonds.